The van der Waals surface area contributed by atoms with Crippen molar-refractivity contribution in [2.75, 3.05) is 11.9 Å². The summed E-state index contributed by atoms with van der Waals surface area (Å²) >= 11 is 0. The van der Waals surface area contributed by atoms with Crippen LogP contribution in [0.3, 0.4) is 0 Å². The predicted molar refractivity (Wildman–Crippen MR) is 73.9 cm³/mol. The number of primary amides is 1. The van der Waals surface area contributed by atoms with Crippen molar-refractivity contribution in [1.82, 2.24) is 10.3 Å². The van der Waals surface area contributed by atoms with Crippen LogP contribution in [0.2, 0.25) is 0 Å². The summed E-state index contributed by atoms with van der Waals surface area (Å²) in [5.74, 6) is -0.244. The standard InChI is InChI=1S/C13H20N4O2/c1-4-10-6-9(7-11(17-10)15-5-2)13(19)16-8(3)12(14)18/h6-8H,4-5H2,1-3H3,(H2,14,18)(H,15,17)(H,16,19). The van der Waals surface area contributed by atoms with E-state index in [4.69, 9.17) is 5.73 Å². The van der Waals surface area contributed by atoms with Crippen molar-refractivity contribution >= 4 is 17.6 Å². The van der Waals surface area contributed by atoms with Gasteiger partial charge in [-0.2, -0.15) is 0 Å². The molecular weight excluding hydrogens is 244 g/mol. The minimum Gasteiger partial charge on any atom is -0.370 e. The normalized spacial score (nSPS) is 11.7. The number of anilines is 1. The van der Waals surface area contributed by atoms with E-state index in [1.165, 1.54) is 0 Å². The fourth-order valence-corrected chi connectivity index (χ4v) is 1.52. The summed E-state index contributed by atoms with van der Waals surface area (Å²) in [7, 11) is 0. The van der Waals surface area contributed by atoms with E-state index in [1.807, 2.05) is 13.8 Å². The smallest absolute Gasteiger partial charge is 0.252 e. The van der Waals surface area contributed by atoms with Crippen molar-refractivity contribution in [2.45, 2.75) is 33.2 Å². The zero-order valence-electron chi connectivity index (χ0n) is 11.5. The van der Waals surface area contributed by atoms with Gasteiger partial charge in [0.15, 0.2) is 0 Å². The van der Waals surface area contributed by atoms with Gasteiger partial charge in [-0.05, 0) is 32.4 Å². The summed E-state index contributed by atoms with van der Waals surface area (Å²) < 4.78 is 0. The summed E-state index contributed by atoms with van der Waals surface area (Å²) in [6.45, 7) is 6.19. The maximum atomic E-state index is 12.0. The van der Waals surface area contributed by atoms with Crippen LogP contribution >= 0.6 is 0 Å². The largest absolute Gasteiger partial charge is 0.370 e. The monoisotopic (exact) mass is 264 g/mol. The highest BCUT2D eigenvalue weighted by molar-refractivity contribution is 5.97. The first-order chi connectivity index (χ1) is 8.97. The summed E-state index contributed by atoms with van der Waals surface area (Å²) in [5.41, 5.74) is 6.40. The van der Waals surface area contributed by atoms with Crippen molar-refractivity contribution in [3.63, 3.8) is 0 Å². The molecule has 0 saturated carbocycles. The van der Waals surface area contributed by atoms with Crippen LogP contribution in [0.5, 0.6) is 0 Å². The fraction of sp³-hybridized carbons (Fsp3) is 0.462. The van der Waals surface area contributed by atoms with E-state index in [0.29, 0.717) is 11.4 Å². The third-order valence-electron chi connectivity index (χ3n) is 2.64. The molecule has 0 aromatic carbocycles. The second kappa shape index (κ2) is 6.72. The molecule has 0 aliphatic carbocycles. The molecule has 0 radical (unpaired) electrons. The molecule has 6 nitrogen and oxygen atoms in total. The molecule has 0 aliphatic heterocycles. The Hall–Kier alpha value is -2.11. The maximum absolute atomic E-state index is 12.0. The van der Waals surface area contributed by atoms with E-state index in [2.05, 4.69) is 15.6 Å². The average Bonchev–Trinajstić information content (AvgIpc) is 2.38. The van der Waals surface area contributed by atoms with E-state index in [-0.39, 0.29) is 5.91 Å². The Morgan fingerprint density at radius 2 is 2.05 bits per heavy atom. The number of nitrogens with one attached hydrogen (secondary N) is 2. The van der Waals surface area contributed by atoms with Gasteiger partial charge in [0, 0.05) is 17.8 Å². The first-order valence-corrected chi connectivity index (χ1v) is 6.32. The molecule has 19 heavy (non-hydrogen) atoms. The van der Waals surface area contributed by atoms with Gasteiger partial charge >= 0.3 is 0 Å². The summed E-state index contributed by atoms with van der Waals surface area (Å²) in [6.07, 6.45) is 0.727. The van der Waals surface area contributed by atoms with Crippen LogP contribution in [0.1, 0.15) is 36.8 Å². The molecule has 2 amide bonds. The highest BCUT2D eigenvalue weighted by Gasteiger charge is 2.15. The third kappa shape index (κ3) is 4.24. The fourth-order valence-electron chi connectivity index (χ4n) is 1.52. The summed E-state index contributed by atoms with van der Waals surface area (Å²) in [5, 5.41) is 5.62. The lowest BCUT2D eigenvalue weighted by Crippen LogP contribution is -2.42. The Kier molecular flexibility index (Phi) is 5.29. The molecule has 4 N–H and O–H groups in total. The molecule has 1 aromatic rings. The van der Waals surface area contributed by atoms with Crippen LogP contribution in [0, 0.1) is 0 Å². The molecule has 1 atom stereocenters. The van der Waals surface area contributed by atoms with E-state index in [9.17, 15) is 9.59 Å². The van der Waals surface area contributed by atoms with Gasteiger partial charge in [0.2, 0.25) is 5.91 Å². The highest BCUT2D eigenvalue weighted by atomic mass is 16.2. The molecule has 1 unspecified atom stereocenters. The van der Waals surface area contributed by atoms with E-state index < -0.39 is 11.9 Å². The van der Waals surface area contributed by atoms with Crippen molar-refractivity contribution in [1.29, 1.82) is 0 Å². The maximum Gasteiger partial charge on any atom is 0.252 e. The first-order valence-electron chi connectivity index (χ1n) is 6.32. The topological polar surface area (TPSA) is 97.1 Å². The van der Waals surface area contributed by atoms with Crippen molar-refractivity contribution in [2.24, 2.45) is 5.73 Å². The van der Waals surface area contributed by atoms with Gasteiger partial charge in [0.05, 0.1) is 0 Å². The number of carbonyl (C=O) groups excluding carboxylic acids is 2. The number of hydrogen-bond donors (Lipinski definition) is 3. The summed E-state index contributed by atoms with van der Waals surface area (Å²) in [6, 6.07) is 2.67. The number of aryl methyl sites for hydroxylation is 1. The van der Waals surface area contributed by atoms with Crippen LogP contribution in [-0.2, 0) is 11.2 Å². The Morgan fingerprint density at radius 3 is 2.58 bits per heavy atom. The molecule has 0 bridgehead atoms. The Bertz CT molecular complexity index is 474. The average molecular weight is 264 g/mol. The lowest BCUT2D eigenvalue weighted by atomic mass is 10.1. The van der Waals surface area contributed by atoms with Gasteiger partial charge in [0.1, 0.15) is 11.9 Å². The molecular formula is C13H20N4O2. The number of rotatable bonds is 6. The molecule has 1 heterocycles. The summed E-state index contributed by atoms with van der Waals surface area (Å²) in [4.78, 5) is 27.3. The van der Waals surface area contributed by atoms with Crippen LogP contribution in [0.25, 0.3) is 0 Å². The van der Waals surface area contributed by atoms with Gasteiger partial charge in [-0.25, -0.2) is 4.98 Å². The molecule has 6 heteroatoms. The predicted octanol–water partition coefficient (Wildman–Crippen LogP) is 0.679. The highest BCUT2D eigenvalue weighted by Crippen LogP contribution is 2.11. The number of hydrogen-bond acceptors (Lipinski definition) is 4. The van der Waals surface area contributed by atoms with Crippen LogP contribution in [-0.4, -0.2) is 29.4 Å². The molecule has 0 saturated heterocycles. The molecule has 0 aliphatic rings. The van der Waals surface area contributed by atoms with Crippen molar-refractivity contribution < 1.29 is 9.59 Å². The molecule has 1 rings (SSSR count). The number of nitrogens with zero attached hydrogens (tertiary/aromatic N) is 1. The molecule has 0 fully saturated rings. The molecule has 1 aromatic heterocycles. The van der Waals surface area contributed by atoms with Gasteiger partial charge in [-0.3, -0.25) is 9.59 Å². The minimum absolute atomic E-state index is 0.331. The van der Waals surface area contributed by atoms with E-state index >= 15 is 0 Å². The zero-order chi connectivity index (χ0) is 14.4. The molecule has 0 spiro atoms. The third-order valence-corrected chi connectivity index (χ3v) is 2.64. The number of aromatic nitrogens is 1. The van der Waals surface area contributed by atoms with Crippen LogP contribution < -0.4 is 16.4 Å². The minimum atomic E-state index is -0.701. The Balaban J connectivity index is 2.95. The SMILES string of the molecule is CCNc1cc(C(=O)NC(C)C(N)=O)cc(CC)n1. The molecule has 104 valence electrons. The van der Waals surface area contributed by atoms with Gasteiger partial charge in [-0.15, -0.1) is 0 Å². The lowest BCUT2D eigenvalue weighted by Gasteiger charge is -2.12. The first kappa shape index (κ1) is 14.9. The lowest BCUT2D eigenvalue weighted by molar-refractivity contribution is -0.119. The van der Waals surface area contributed by atoms with Gasteiger partial charge < -0.3 is 16.4 Å². The number of pyridine rings is 1. The quantitative estimate of drug-likeness (QED) is 0.703. The van der Waals surface area contributed by atoms with Crippen LogP contribution in [0.4, 0.5) is 5.82 Å². The van der Waals surface area contributed by atoms with Gasteiger partial charge in [-0.1, -0.05) is 6.92 Å². The Labute approximate surface area is 112 Å². The van der Waals surface area contributed by atoms with Crippen molar-refractivity contribution in [3.8, 4) is 0 Å². The number of carbonyl (C=O) groups is 2. The number of amides is 2. The number of nitrogens with two attached hydrogens (primary N) is 1. The van der Waals surface area contributed by atoms with E-state index in [1.54, 1.807) is 19.1 Å². The second-order valence-electron chi connectivity index (χ2n) is 4.21. The van der Waals surface area contributed by atoms with Crippen LogP contribution in [0.15, 0.2) is 12.1 Å². The van der Waals surface area contributed by atoms with Gasteiger partial charge in [0.25, 0.3) is 5.91 Å². The second-order valence-corrected chi connectivity index (χ2v) is 4.21. The van der Waals surface area contributed by atoms with E-state index in [0.717, 1.165) is 18.7 Å². The Morgan fingerprint density at radius 1 is 1.37 bits per heavy atom. The van der Waals surface area contributed by atoms with Crippen molar-refractivity contribution in [3.05, 3.63) is 23.4 Å². The zero-order valence-corrected chi connectivity index (χ0v) is 11.5.